The third kappa shape index (κ3) is 1.32. The van der Waals surface area contributed by atoms with E-state index < -0.39 is 0 Å². The Morgan fingerprint density at radius 3 is 2.25 bits per heavy atom. The van der Waals surface area contributed by atoms with Crippen molar-refractivity contribution >= 4 is 0 Å². The van der Waals surface area contributed by atoms with E-state index in [1.54, 1.807) is 12.4 Å². The fourth-order valence-electron chi connectivity index (χ4n) is 1.000. The summed E-state index contributed by atoms with van der Waals surface area (Å²) in [6.07, 6.45) is 3.24. The Hall–Kier alpha value is -1.70. The number of aromatic nitrogens is 2. The van der Waals surface area contributed by atoms with Crippen LogP contribution < -0.4 is 0 Å². The summed E-state index contributed by atoms with van der Waals surface area (Å²) in [6, 6.07) is 12.6. The van der Waals surface area contributed by atoms with Gasteiger partial charge in [-0.3, -0.25) is 0 Å². The highest BCUT2D eigenvalue weighted by molar-refractivity contribution is 5.53. The van der Waals surface area contributed by atoms with Gasteiger partial charge in [0, 0.05) is 24.0 Å². The van der Waals surface area contributed by atoms with E-state index in [0.29, 0.717) is 0 Å². The second kappa shape index (κ2) is 3.13. The van der Waals surface area contributed by atoms with Gasteiger partial charge in [0.1, 0.15) is 0 Å². The monoisotopic (exact) mass is 155 g/mol. The van der Waals surface area contributed by atoms with Crippen molar-refractivity contribution in [1.82, 2.24) is 9.97 Å². The zero-order valence-corrected chi connectivity index (χ0v) is 6.44. The Balaban J connectivity index is 2.46. The Bertz CT molecular complexity index is 305. The number of hydrogen-bond donors (Lipinski definition) is 0. The fourth-order valence-corrected chi connectivity index (χ4v) is 1.000. The second-order valence-electron chi connectivity index (χ2n) is 2.37. The van der Waals surface area contributed by atoms with Crippen LogP contribution >= 0.6 is 0 Å². The highest BCUT2D eigenvalue weighted by Crippen LogP contribution is 2.11. The first-order valence-electron chi connectivity index (χ1n) is 3.70. The average molecular weight is 155 g/mol. The molecular formula is C10H7N2. The van der Waals surface area contributed by atoms with Crippen molar-refractivity contribution in [2.24, 2.45) is 0 Å². The first kappa shape index (κ1) is 6.98. The summed E-state index contributed by atoms with van der Waals surface area (Å²) in [5, 5.41) is 0. The molecule has 1 radical (unpaired) electrons. The lowest BCUT2D eigenvalue weighted by Crippen LogP contribution is -1.85. The maximum absolute atomic E-state index is 4.08. The molecule has 2 aromatic rings. The number of hydrogen-bond acceptors (Lipinski definition) is 2. The van der Waals surface area contributed by atoms with Crippen LogP contribution in [0.25, 0.3) is 11.4 Å². The van der Waals surface area contributed by atoms with Crippen LogP contribution in [0.15, 0.2) is 42.7 Å². The molecule has 12 heavy (non-hydrogen) atoms. The van der Waals surface area contributed by atoms with Crippen LogP contribution in [0.5, 0.6) is 0 Å². The molecule has 0 saturated heterocycles. The molecule has 0 bridgehead atoms. The summed E-state index contributed by atoms with van der Waals surface area (Å²) < 4.78 is 0. The van der Waals surface area contributed by atoms with Gasteiger partial charge in [0.2, 0.25) is 0 Å². The van der Waals surface area contributed by atoms with Gasteiger partial charge in [0.15, 0.2) is 5.82 Å². The maximum atomic E-state index is 4.08. The van der Waals surface area contributed by atoms with Crippen LogP contribution in [0.3, 0.4) is 0 Å². The van der Waals surface area contributed by atoms with Crippen LogP contribution in [0, 0.1) is 6.07 Å². The summed E-state index contributed by atoms with van der Waals surface area (Å²) in [7, 11) is 0. The molecular weight excluding hydrogens is 148 g/mol. The molecule has 1 aromatic carbocycles. The largest absolute Gasteiger partial charge is 0.236 e. The quantitative estimate of drug-likeness (QED) is 0.629. The molecule has 0 spiro atoms. The van der Waals surface area contributed by atoms with Gasteiger partial charge < -0.3 is 0 Å². The van der Waals surface area contributed by atoms with Crippen molar-refractivity contribution in [3.05, 3.63) is 48.8 Å². The number of rotatable bonds is 1. The highest BCUT2D eigenvalue weighted by atomic mass is 14.8. The molecule has 2 rings (SSSR count). The summed E-state index contributed by atoms with van der Waals surface area (Å²) in [6.45, 7) is 0. The van der Waals surface area contributed by atoms with Crippen molar-refractivity contribution in [3.63, 3.8) is 0 Å². The molecule has 0 aliphatic heterocycles. The molecule has 2 heteroatoms. The van der Waals surface area contributed by atoms with E-state index in [2.05, 4.69) is 16.0 Å². The SMILES string of the molecule is [c]1cnc(-c2ccccc2)nc1. The van der Waals surface area contributed by atoms with Gasteiger partial charge in [-0.2, -0.15) is 0 Å². The van der Waals surface area contributed by atoms with Crippen molar-refractivity contribution in [2.75, 3.05) is 0 Å². The van der Waals surface area contributed by atoms with Crippen LogP contribution in [0.2, 0.25) is 0 Å². The Labute approximate surface area is 70.9 Å². The van der Waals surface area contributed by atoms with Crippen molar-refractivity contribution in [2.45, 2.75) is 0 Å². The lowest BCUT2D eigenvalue weighted by molar-refractivity contribution is 1.17. The smallest absolute Gasteiger partial charge is 0.159 e. The zero-order valence-electron chi connectivity index (χ0n) is 6.44. The Kier molecular flexibility index (Phi) is 1.82. The molecule has 0 aliphatic rings. The van der Waals surface area contributed by atoms with E-state index in [0.717, 1.165) is 11.4 Å². The van der Waals surface area contributed by atoms with Crippen LogP contribution in [0.1, 0.15) is 0 Å². The van der Waals surface area contributed by atoms with Gasteiger partial charge in [0.25, 0.3) is 0 Å². The summed E-state index contributed by atoms with van der Waals surface area (Å²) >= 11 is 0. The molecule has 57 valence electrons. The molecule has 1 heterocycles. The minimum absolute atomic E-state index is 0.745. The highest BCUT2D eigenvalue weighted by Gasteiger charge is 1.95. The molecule has 0 fully saturated rings. The molecule has 0 unspecified atom stereocenters. The van der Waals surface area contributed by atoms with E-state index in [4.69, 9.17) is 0 Å². The van der Waals surface area contributed by atoms with Gasteiger partial charge in [-0.1, -0.05) is 30.3 Å². The molecule has 0 aliphatic carbocycles. The predicted molar refractivity (Wildman–Crippen MR) is 46.3 cm³/mol. The third-order valence-electron chi connectivity index (χ3n) is 1.55. The topological polar surface area (TPSA) is 25.8 Å². The van der Waals surface area contributed by atoms with Gasteiger partial charge in [-0.25, -0.2) is 9.97 Å². The normalized spacial score (nSPS) is 9.67. The third-order valence-corrected chi connectivity index (χ3v) is 1.55. The van der Waals surface area contributed by atoms with E-state index in [9.17, 15) is 0 Å². The van der Waals surface area contributed by atoms with Gasteiger partial charge in [-0.05, 0) is 0 Å². The van der Waals surface area contributed by atoms with Gasteiger partial charge in [-0.15, -0.1) is 0 Å². The molecule has 2 nitrogen and oxygen atoms in total. The summed E-state index contributed by atoms with van der Waals surface area (Å²) in [5.41, 5.74) is 1.03. The van der Waals surface area contributed by atoms with E-state index in [1.165, 1.54) is 0 Å². The molecule has 0 amide bonds. The van der Waals surface area contributed by atoms with Crippen LogP contribution in [0.4, 0.5) is 0 Å². The molecule has 0 atom stereocenters. The van der Waals surface area contributed by atoms with Gasteiger partial charge in [0.05, 0.1) is 0 Å². The summed E-state index contributed by atoms with van der Waals surface area (Å²) in [4.78, 5) is 8.16. The minimum atomic E-state index is 0.745. The standard InChI is InChI=1S/C10H7N2/c1-2-5-9(6-3-1)10-11-7-4-8-12-10/h1-3,5-8H. The molecule has 0 N–H and O–H groups in total. The first-order chi connectivity index (χ1) is 5.97. The van der Waals surface area contributed by atoms with E-state index in [-0.39, 0.29) is 0 Å². The van der Waals surface area contributed by atoms with Gasteiger partial charge >= 0.3 is 0 Å². The second-order valence-corrected chi connectivity index (χ2v) is 2.37. The minimum Gasteiger partial charge on any atom is -0.236 e. The van der Waals surface area contributed by atoms with E-state index >= 15 is 0 Å². The maximum Gasteiger partial charge on any atom is 0.159 e. The van der Waals surface area contributed by atoms with Crippen molar-refractivity contribution in [3.8, 4) is 11.4 Å². The van der Waals surface area contributed by atoms with Crippen molar-refractivity contribution in [1.29, 1.82) is 0 Å². The number of benzene rings is 1. The zero-order chi connectivity index (χ0) is 8.23. The van der Waals surface area contributed by atoms with E-state index in [1.807, 2.05) is 30.3 Å². The molecule has 1 aromatic heterocycles. The van der Waals surface area contributed by atoms with Crippen LogP contribution in [-0.4, -0.2) is 9.97 Å². The lowest BCUT2D eigenvalue weighted by Gasteiger charge is -1.95. The first-order valence-corrected chi connectivity index (χ1v) is 3.70. The fraction of sp³-hybridized carbons (Fsp3) is 0. The summed E-state index contributed by atoms with van der Waals surface area (Å²) in [5.74, 6) is 0.745. The Morgan fingerprint density at radius 2 is 1.58 bits per heavy atom. The molecule has 0 saturated carbocycles. The van der Waals surface area contributed by atoms with Crippen LogP contribution in [-0.2, 0) is 0 Å². The lowest BCUT2D eigenvalue weighted by atomic mass is 10.2. The van der Waals surface area contributed by atoms with Crippen molar-refractivity contribution < 1.29 is 0 Å². The predicted octanol–water partition coefficient (Wildman–Crippen LogP) is 1.94. The Morgan fingerprint density at radius 1 is 0.917 bits per heavy atom. The average Bonchev–Trinajstić information content (AvgIpc) is 2.21. The number of nitrogens with zero attached hydrogens (tertiary/aromatic N) is 2.